The molecule has 39 heavy (non-hydrogen) atoms. The number of sulfonamides is 1. The first-order valence-electron chi connectivity index (χ1n) is 13.5. The minimum Gasteiger partial charge on any atom is -0.477 e. The predicted molar refractivity (Wildman–Crippen MR) is 140 cm³/mol. The van der Waals surface area contributed by atoms with Gasteiger partial charge in [0.25, 0.3) is 11.8 Å². The minimum atomic E-state index is -3.87. The first kappa shape index (κ1) is 26.1. The molecule has 1 unspecified atom stereocenters. The van der Waals surface area contributed by atoms with E-state index in [9.17, 15) is 18.0 Å². The van der Waals surface area contributed by atoms with E-state index < -0.39 is 10.0 Å². The number of aromatic nitrogens is 2. The largest absolute Gasteiger partial charge is 0.477 e. The molecule has 2 N–H and O–H groups in total. The van der Waals surface area contributed by atoms with Crippen molar-refractivity contribution in [3.63, 3.8) is 0 Å². The number of ether oxygens (including phenoxy) is 2. The van der Waals surface area contributed by atoms with Gasteiger partial charge in [-0.15, -0.1) is 0 Å². The molecule has 208 valence electrons. The van der Waals surface area contributed by atoms with Crippen LogP contribution in [0.5, 0.6) is 5.88 Å². The SMILES string of the molecule is NS(=O)(=O)c1ccc(C(=O)N2C[C@H]3CN(C(=O)c4cc(OCC5CCCOC5)nc(C5CC5)c4)C[C@@H]3C2)nc1. The van der Waals surface area contributed by atoms with E-state index in [-0.39, 0.29) is 34.2 Å². The number of carbonyl (C=O) groups is 2. The number of hydrogen-bond donors (Lipinski definition) is 1. The first-order chi connectivity index (χ1) is 18.7. The molecule has 0 spiro atoms. The summed E-state index contributed by atoms with van der Waals surface area (Å²) in [5, 5.41) is 5.12. The van der Waals surface area contributed by atoms with E-state index in [1.54, 1.807) is 11.0 Å². The lowest BCUT2D eigenvalue weighted by Gasteiger charge is -2.23. The molecular formula is C27H33N5O6S. The van der Waals surface area contributed by atoms with Gasteiger partial charge in [0, 0.05) is 80.0 Å². The highest BCUT2D eigenvalue weighted by molar-refractivity contribution is 7.89. The van der Waals surface area contributed by atoms with Crippen molar-refractivity contribution in [2.24, 2.45) is 22.9 Å². The van der Waals surface area contributed by atoms with E-state index >= 15 is 0 Å². The molecular weight excluding hydrogens is 522 g/mol. The Bertz CT molecular complexity index is 1340. The number of hydrogen-bond acceptors (Lipinski definition) is 8. The molecule has 1 aliphatic carbocycles. The molecule has 3 saturated heterocycles. The molecule has 6 rings (SSSR count). The molecule has 2 aromatic heterocycles. The predicted octanol–water partition coefficient (Wildman–Crippen LogP) is 1.65. The van der Waals surface area contributed by atoms with Crippen LogP contribution in [0.15, 0.2) is 35.4 Å². The number of likely N-dealkylation sites (tertiary alicyclic amines) is 2. The Labute approximate surface area is 227 Å². The highest BCUT2D eigenvalue weighted by atomic mass is 32.2. The Morgan fingerprint density at radius 1 is 1.03 bits per heavy atom. The molecule has 3 aliphatic heterocycles. The van der Waals surface area contributed by atoms with Crippen LogP contribution < -0.4 is 9.88 Å². The number of nitrogens with zero attached hydrogens (tertiary/aromatic N) is 4. The van der Waals surface area contributed by atoms with Crippen molar-refractivity contribution in [1.82, 2.24) is 19.8 Å². The lowest BCUT2D eigenvalue weighted by molar-refractivity contribution is 0.0343. The van der Waals surface area contributed by atoms with Gasteiger partial charge in [-0.1, -0.05) is 0 Å². The molecule has 4 fully saturated rings. The van der Waals surface area contributed by atoms with E-state index in [1.807, 2.05) is 11.0 Å². The number of nitrogens with two attached hydrogens (primary N) is 1. The molecule has 2 aromatic rings. The summed E-state index contributed by atoms with van der Waals surface area (Å²) < 4.78 is 34.5. The number of carbonyl (C=O) groups excluding carboxylic acids is 2. The van der Waals surface area contributed by atoms with Crippen molar-refractivity contribution in [1.29, 1.82) is 0 Å². The zero-order valence-electron chi connectivity index (χ0n) is 21.7. The molecule has 1 saturated carbocycles. The Kier molecular flexibility index (Phi) is 7.02. The van der Waals surface area contributed by atoms with Gasteiger partial charge in [-0.3, -0.25) is 9.59 Å². The summed E-state index contributed by atoms with van der Waals surface area (Å²) in [5.41, 5.74) is 1.70. The van der Waals surface area contributed by atoms with Crippen molar-refractivity contribution in [2.75, 3.05) is 46.0 Å². The smallest absolute Gasteiger partial charge is 0.272 e. The molecule has 5 heterocycles. The third-order valence-electron chi connectivity index (χ3n) is 8.13. The van der Waals surface area contributed by atoms with Crippen LogP contribution in [0.4, 0.5) is 0 Å². The number of primary sulfonamides is 1. The molecule has 3 atom stereocenters. The van der Waals surface area contributed by atoms with E-state index in [0.29, 0.717) is 62.7 Å². The molecule has 0 bridgehead atoms. The van der Waals surface area contributed by atoms with Gasteiger partial charge >= 0.3 is 0 Å². The molecule has 2 amide bonds. The Morgan fingerprint density at radius 3 is 2.33 bits per heavy atom. The van der Waals surface area contributed by atoms with Crippen LogP contribution in [-0.4, -0.2) is 86.0 Å². The highest BCUT2D eigenvalue weighted by Gasteiger charge is 2.43. The van der Waals surface area contributed by atoms with Crippen LogP contribution in [0, 0.1) is 17.8 Å². The number of fused-ring (bicyclic) bond motifs is 1. The van der Waals surface area contributed by atoms with E-state index in [4.69, 9.17) is 19.6 Å². The second-order valence-electron chi connectivity index (χ2n) is 11.2. The van der Waals surface area contributed by atoms with Gasteiger partial charge in [0.05, 0.1) is 13.2 Å². The zero-order chi connectivity index (χ0) is 27.1. The van der Waals surface area contributed by atoms with Crippen LogP contribution in [-0.2, 0) is 14.8 Å². The van der Waals surface area contributed by atoms with Gasteiger partial charge in [0.1, 0.15) is 10.6 Å². The highest BCUT2D eigenvalue weighted by Crippen LogP contribution is 2.40. The third-order valence-corrected chi connectivity index (χ3v) is 9.03. The lowest BCUT2D eigenvalue weighted by atomic mass is 10.0. The topological polar surface area (TPSA) is 145 Å². The van der Waals surface area contributed by atoms with Crippen molar-refractivity contribution < 1.29 is 27.5 Å². The second-order valence-corrected chi connectivity index (χ2v) is 12.7. The first-order valence-corrected chi connectivity index (χ1v) is 15.1. The third kappa shape index (κ3) is 5.78. The maximum Gasteiger partial charge on any atom is 0.272 e. The van der Waals surface area contributed by atoms with Crippen molar-refractivity contribution in [3.8, 4) is 5.88 Å². The average Bonchev–Trinajstić information content (AvgIpc) is 3.61. The summed E-state index contributed by atoms with van der Waals surface area (Å²) >= 11 is 0. The fourth-order valence-electron chi connectivity index (χ4n) is 5.80. The summed E-state index contributed by atoms with van der Waals surface area (Å²) in [4.78, 5) is 38.7. The van der Waals surface area contributed by atoms with Gasteiger partial charge < -0.3 is 19.3 Å². The van der Waals surface area contributed by atoms with Gasteiger partial charge in [-0.25, -0.2) is 23.5 Å². The van der Waals surface area contributed by atoms with E-state index in [2.05, 4.69) is 4.98 Å². The van der Waals surface area contributed by atoms with Gasteiger partial charge in [-0.2, -0.15) is 0 Å². The van der Waals surface area contributed by atoms with E-state index in [1.165, 1.54) is 12.1 Å². The summed E-state index contributed by atoms with van der Waals surface area (Å²) in [6, 6.07) is 6.35. The van der Waals surface area contributed by atoms with Crippen molar-refractivity contribution in [2.45, 2.75) is 36.5 Å². The van der Waals surface area contributed by atoms with Gasteiger partial charge in [-0.05, 0) is 43.9 Å². The average molecular weight is 556 g/mol. The second kappa shape index (κ2) is 10.5. The Hall–Kier alpha value is -3.09. The van der Waals surface area contributed by atoms with Crippen molar-refractivity contribution in [3.05, 3.63) is 47.4 Å². The van der Waals surface area contributed by atoms with Crippen LogP contribution >= 0.6 is 0 Å². The Balaban J connectivity index is 1.09. The Morgan fingerprint density at radius 2 is 1.74 bits per heavy atom. The lowest BCUT2D eigenvalue weighted by Crippen LogP contribution is -2.36. The number of pyridine rings is 2. The fraction of sp³-hybridized carbons (Fsp3) is 0.556. The monoisotopic (exact) mass is 555 g/mol. The van der Waals surface area contributed by atoms with Crippen LogP contribution in [0.2, 0.25) is 0 Å². The van der Waals surface area contributed by atoms with Crippen LogP contribution in [0.1, 0.15) is 58.1 Å². The van der Waals surface area contributed by atoms with Crippen molar-refractivity contribution >= 4 is 21.8 Å². The summed E-state index contributed by atoms with van der Waals surface area (Å²) in [5.74, 6) is 1.31. The van der Waals surface area contributed by atoms with Gasteiger partial charge in [0.2, 0.25) is 15.9 Å². The summed E-state index contributed by atoms with van der Waals surface area (Å²) in [7, 11) is -3.87. The maximum absolute atomic E-state index is 13.6. The minimum absolute atomic E-state index is 0.0299. The molecule has 0 aromatic carbocycles. The fourth-order valence-corrected chi connectivity index (χ4v) is 6.26. The summed E-state index contributed by atoms with van der Waals surface area (Å²) in [6.07, 6.45) is 5.37. The standard InChI is InChI=1S/C27H33N5O6S/c28-39(35,36)22-5-6-23(29-10-22)27(34)32-13-20-11-31(12-21(20)14-32)26(33)19-8-24(18-3-4-18)30-25(9-19)38-16-17-2-1-7-37-15-17/h5-6,8-10,17-18,20-21H,1-4,7,11-16H2,(H2,28,35,36)/t17?,20-,21-/m1/s1. The quantitative estimate of drug-likeness (QED) is 0.543. The number of rotatable bonds is 7. The molecule has 0 radical (unpaired) electrons. The van der Waals surface area contributed by atoms with Crippen LogP contribution in [0.3, 0.4) is 0 Å². The summed E-state index contributed by atoms with van der Waals surface area (Å²) in [6.45, 7) is 4.22. The molecule has 4 aliphatic rings. The molecule has 12 heteroatoms. The zero-order valence-corrected chi connectivity index (χ0v) is 22.5. The number of amides is 2. The maximum atomic E-state index is 13.6. The molecule has 11 nitrogen and oxygen atoms in total. The normalized spacial score (nSPS) is 25.0. The van der Waals surface area contributed by atoms with Crippen LogP contribution in [0.25, 0.3) is 0 Å². The van der Waals surface area contributed by atoms with Gasteiger partial charge in [0.15, 0.2) is 0 Å². The van der Waals surface area contributed by atoms with E-state index in [0.717, 1.165) is 44.2 Å².